The zero-order valence-electron chi connectivity index (χ0n) is 16.2. The van der Waals surface area contributed by atoms with Crippen molar-refractivity contribution in [1.82, 2.24) is 10.3 Å². The van der Waals surface area contributed by atoms with Gasteiger partial charge in [-0.25, -0.2) is 4.98 Å². The number of amides is 1. The first-order chi connectivity index (χ1) is 13.6. The van der Waals surface area contributed by atoms with Gasteiger partial charge >= 0.3 is 0 Å². The average molecular weight is 396 g/mol. The van der Waals surface area contributed by atoms with Gasteiger partial charge in [-0.05, 0) is 49.7 Å². The molecule has 0 bridgehead atoms. The number of para-hydroxylation sites is 1. The van der Waals surface area contributed by atoms with Crippen molar-refractivity contribution in [2.24, 2.45) is 0 Å². The van der Waals surface area contributed by atoms with Gasteiger partial charge in [0.15, 0.2) is 6.61 Å². The Balaban J connectivity index is 1.35. The number of nitrogens with zero attached hydrogens (tertiary/aromatic N) is 2. The molecule has 0 unspecified atom stereocenters. The van der Waals surface area contributed by atoms with Gasteiger partial charge in [0.25, 0.3) is 5.91 Å². The average Bonchev–Trinajstić information content (AvgIpc) is 3.17. The summed E-state index contributed by atoms with van der Waals surface area (Å²) in [5.74, 6) is 0.568. The molecule has 146 valence electrons. The second-order valence-electron chi connectivity index (χ2n) is 6.57. The van der Waals surface area contributed by atoms with Gasteiger partial charge in [-0.1, -0.05) is 18.2 Å². The third-order valence-corrected chi connectivity index (χ3v) is 5.29. The number of ether oxygens (including phenoxy) is 1. The summed E-state index contributed by atoms with van der Waals surface area (Å²) in [5, 5.41) is 5.92. The van der Waals surface area contributed by atoms with Crippen molar-refractivity contribution in [2.75, 3.05) is 31.6 Å². The van der Waals surface area contributed by atoms with E-state index in [-0.39, 0.29) is 12.5 Å². The van der Waals surface area contributed by atoms with E-state index in [9.17, 15) is 4.79 Å². The Morgan fingerprint density at radius 3 is 2.57 bits per heavy atom. The molecule has 3 aromatic rings. The van der Waals surface area contributed by atoms with Gasteiger partial charge in [-0.2, -0.15) is 0 Å². The number of hydrogen-bond donors (Lipinski definition) is 1. The molecule has 0 radical (unpaired) electrons. The lowest BCUT2D eigenvalue weighted by atomic mass is 10.2. The smallest absolute Gasteiger partial charge is 0.257 e. The topological polar surface area (TPSA) is 54.5 Å². The summed E-state index contributed by atoms with van der Waals surface area (Å²) in [7, 11) is 2.05. The highest BCUT2D eigenvalue weighted by atomic mass is 32.1. The minimum Gasteiger partial charge on any atom is -0.484 e. The van der Waals surface area contributed by atoms with Gasteiger partial charge < -0.3 is 15.0 Å². The van der Waals surface area contributed by atoms with E-state index >= 15 is 0 Å². The van der Waals surface area contributed by atoms with Crippen LogP contribution in [0.15, 0.2) is 60.0 Å². The molecule has 3 rings (SSSR count). The third kappa shape index (κ3) is 5.82. The Kier molecular flexibility index (Phi) is 7.03. The van der Waals surface area contributed by atoms with Crippen LogP contribution in [0.3, 0.4) is 0 Å². The zero-order chi connectivity index (χ0) is 19.8. The molecule has 2 aromatic carbocycles. The molecule has 1 heterocycles. The molecule has 1 amide bonds. The molecule has 6 heteroatoms. The Morgan fingerprint density at radius 2 is 1.89 bits per heavy atom. The number of carbonyl (C=O) groups is 1. The molecule has 0 fully saturated rings. The summed E-state index contributed by atoms with van der Waals surface area (Å²) >= 11 is 1.62. The van der Waals surface area contributed by atoms with Crippen molar-refractivity contribution in [3.63, 3.8) is 0 Å². The molecule has 0 atom stereocenters. The molecule has 5 nitrogen and oxygen atoms in total. The quantitative estimate of drug-likeness (QED) is 0.553. The van der Waals surface area contributed by atoms with Crippen molar-refractivity contribution in [3.8, 4) is 16.3 Å². The van der Waals surface area contributed by atoms with Crippen LogP contribution in [-0.4, -0.2) is 37.6 Å². The predicted molar refractivity (Wildman–Crippen MR) is 115 cm³/mol. The highest BCUT2D eigenvalue weighted by Gasteiger charge is 2.06. The van der Waals surface area contributed by atoms with Gasteiger partial charge in [-0.3, -0.25) is 4.79 Å². The van der Waals surface area contributed by atoms with Crippen molar-refractivity contribution < 1.29 is 9.53 Å². The molecule has 0 spiro atoms. The molecule has 1 aromatic heterocycles. The van der Waals surface area contributed by atoms with Crippen LogP contribution in [0.5, 0.6) is 5.75 Å². The number of aromatic nitrogens is 1. The number of anilines is 1. The van der Waals surface area contributed by atoms with Gasteiger partial charge in [-0.15, -0.1) is 11.3 Å². The normalized spacial score (nSPS) is 10.5. The Bertz CT molecular complexity index is 878. The largest absolute Gasteiger partial charge is 0.484 e. The van der Waals surface area contributed by atoms with E-state index in [4.69, 9.17) is 4.74 Å². The molecule has 0 aliphatic carbocycles. The minimum absolute atomic E-state index is 0.0181. The first kappa shape index (κ1) is 19.9. The van der Waals surface area contributed by atoms with E-state index in [1.54, 1.807) is 11.3 Å². The van der Waals surface area contributed by atoms with Crippen LogP contribution in [0.1, 0.15) is 12.1 Å². The van der Waals surface area contributed by atoms with Gasteiger partial charge in [0.1, 0.15) is 10.8 Å². The zero-order valence-corrected chi connectivity index (χ0v) is 17.0. The number of rotatable bonds is 9. The lowest BCUT2D eigenvalue weighted by Gasteiger charge is -2.19. The summed E-state index contributed by atoms with van der Waals surface area (Å²) in [6, 6.07) is 17.9. The second kappa shape index (κ2) is 9.90. The lowest BCUT2D eigenvalue weighted by molar-refractivity contribution is -0.123. The summed E-state index contributed by atoms with van der Waals surface area (Å²) < 4.78 is 5.57. The monoisotopic (exact) mass is 395 g/mol. The highest BCUT2D eigenvalue weighted by molar-refractivity contribution is 7.13. The summed E-state index contributed by atoms with van der Waals surface area (Å²) in [5.41, 5.74) is 3.25. The predicted octanol–water partition coefficient (Wildman–Crippen LogP) is 4.14. The van der Waals surface area contributed by atoms with Gasteiger partial charge in [0.2, 0.25) is 0 Å². The van der Waals surface area contributed by atoms with Crippen LogP contribution in [0.4, 0.5) is 5.69 Å². The first-order valence-electron chi connectivity index (χ1n) is 9.30. The van der Waals surface area contributed by atoms with Crippen LogP contribution in [0, 0.1) is 6.92 Å². The van der Waals surface area contributed by atoms with Gasteiger partial charge in [0.05, 0.1) is 0 Å². The first-order valence-corrected chi connectivity index (χ1v) is 10.2. The SMILES string of the molecule is Cc1csc(-c2ccc(OCC(=O)NCCCN(C)c3ccccc3)cc2)n1. The molecule has 0 saturated heterocycles. The lowest BCUT2D eigenvalue weighted by Crippen LogP contribution is -2.31. The third-order valence-electron chi connectivity index (χ3n) is 4.28. The Morgan fingerprint density at radius 1 is 1.14 bits per heavy atom. The van der Waals surface area contributed by atoms with E-state index < -0.39 is 0 Å². The Hall–Kier alpha value is -2.86. The maximum Gasteiger partial charge on any atom is 0.257 e. The van der Waals surface area contributed by atoms with Crippen LogP contribution in [0.25, 0.3) is 10.6 Å². The molecule has 0 aliphatic heterocycles. The second-order valence-corrected chi connectivity index (χ2v) is 7.43. The van der Waals surface area contributed by atoms with Crippen molar-refractivity contribution in [3.05, 3.63) is 65.7 Å². The van der Waals surface area contributed by atoms with Crippen LogP contribution < -0.4 is 15.0 Å². The highest BCUT2D eigenvalue weighted by Crippen LogP contribution is 2.25. The maximum absolute atomic E-state index is 12.0. The number of aryl methyl sites for hydroxylation is 1. The van der Waals surface area contributed by atoms with Gasteiger partial charge in [0, 0.05) is 42.5 Å². The fraction of sp³-hybridized carbons (Fsp3) is 0.273. The number of benzene rings is 2. The Labute approximate surface area is 170 Å². The van der Waals surface area contributed by atoms with Crippen molar-refractivity contribution >= 4 is 22.9 Å². The standard InChI is InChI=1S/C22H25N3O2S/c1-17-16-28-22(24-17)18-9-11-20(12-10-18)27-15-21(26)23-13-6-14-25(2)19-7-4-3-5-8-19/h3-5,7-12,16H,6,13-15H2,1-2H3,(H,23,26). The molecular formula is C22H25N3O2S. The van der Waals surface area contributed by atoms with E-state index in [1.165, 1.54) is 5.69 Å². The number of hydrogen-bond acceptors (Lipinski definition) is 5. The maximum atomic E-state index is 12.0. The van der Waals surface area contributed by atoms with E-state index in [2.05, 4.69) is 34.4 Å². The molecule has 0 aliphatic rings. The van der Waals surface area contributed by atoms with Crippen LogP contribution in [0.2, 0.25) is 0 Å². The fourth-order valence-corrected chi connectivity index (χ4v) is 3.54. The van der Waals surface area contributed by atoms with Crippen molar-refractivity contribution in [1.29, 1.82) is 0 Å². The van der Waals surface area contributed by atoms with E-state index in [1.807, 2.05) is 54.8 Å². The fourth-order valence-electron chi connectivity index (χ4n) is 2.74. The minimum atomic E-state index is -0.109. The number of nitrogens with one attached hydrogen (secondary N) is 1. The molecular weight excluding hydrogens is 370 g/mol. The molecule has 1 N–H and O–H groups in total. The summed E-state index contributed by atoms with van der Waals surface area (Å²) in [4.78, 5) is 18.6. The van der Waals surface area contributed by atoms with E-state index in [0.29, 0.717) is 12.3 Å². The van der Waals surface area contributed by atoms with E-state index in [0.717, 1.165) is 29.2 Å². The number of carbonyl (C=O) groups excluding carboxylic acids is 1. The van der Waals surface area contributed by atoms with Crippen LogP contribution in [-0.2, 0) is 4.79 Å². The number of thiazole rings is 1. The summed E-state index contributed by atoms with van der Waals surface area (Å²) in [6.07, 6.45) is 0.874. The molecule has 0 saturated carbocycles. The summed E-state index contributed by atoms with van der Waals surface area (Å²) in [6.45, 7) is 3.50. The van der Waals surface area contributed by atoms with Crippen LogP contribution >= 0.6 is 11.3 Å². The molecule has 28 heavy (non-hydrogen) atoms. The van der Waals surface area contributed by atoms with Crippen molar-refractivity contribution in [2.45, 2.75) is 13.3 Å².